The van der Waals surface area contributed by atoms with Crippen molar-refractivity contribution in [3.8, 4) is 0 Å². The second kappa shape index (κ2) is 20.4. The van der Waals surface area contributed by atoms with Crippen LogP contribution in [-0.4, -0.2) is 9.49 Å². The first-order valence-corrected chi connectivity index (χ1v) is 18.3. The van der Waals surface area contributed by atoms with Crippen molar-refractivity contribution in [2.45, 2.75) is 154 Å². The second-order valence-corrected chi connectivity index (χ2v) is 18.5. The Morgan fingerprint density at radius 1 is 0.414 bits per heavy atom. The topological polar surface area (TPSA) is 0 Å². The van der Waals surface area contributed by atoms with Crippen molar-refractivity contribution in [3.63, 3.8) is 0 Å². The van der Waals surface area contributed by atoms with Crippen molar-refractivity contribution in [2.75, 3.05) is 0 Å². The maximum Gasteiger partial charge on any atom is 0.0215 e. The molecule has 0 saturated carbocycles. The van der Waals surface area contributed by atoms with Crippen LogP contribution >= 0.6 is 51.1 Å². The van der Waals surface area contributed by atoms with Gasteiger partial charge in [0.25, 0.3) is 0 Å². The summed E-state index contributed by atoms with van der Waals surface area (Å²) in [5.74, 6) is 0. The van der Waals surface area contributed by atoms with E-state index in [9.17, 15) is 0 Å². The Morgan fingerprint density at radius 3 is 1.07 bits per heavy atom. The number of hydrogen-bond donors (Lipinski definition) is 0. The fraction of sp³-hybridized carbons (Fsp3) is 1.00. The quantitative estimate of drug-likeness (QED) is 0.107. The van der Waals surface area contributed by atoms with E-state index in [0.29, 0.717) is 9.49 Å². The van der Waals surface area contributed by atoms with Gasteiger partial charge >= 0.3 is 0 Å². The van der Waals surface area contributed by atoms with Crippen molar-refractivity contribution >= 4 is 51.1 Å². The van der Waals surface area contributed by atoms with Gasteiger partial charge in [0.05, 0.1) is 0 Å². The van der Waals surface area contributed by atoms with Gasteiger partial charge in [0, 0.05) is 9.49 Å². The first-order chi connectivity index (χ1) is 13.8. The normalized spacial score (nSPS) is 12.6. The average Bonchev–Trinajstić information content (AvgIpc) is 2.66. The molecule has 176 valence electrons. The van der Waals surface area contributed by atoms with Gasteiger partial charge in [-0.1, -0.05) is 125 Å². The Balaban J connectivity index is 3.60. The van der Waals surface area contributed by atoms with E-state index in [2.05, 4.69) is 63.1 Å². The largest absolute Gasteiger partial charge is 0.0754 e. The maximum absolute atomic E-state index is 2.42. The van der Waals surface area contributed by atoms with Crippen molar-refractivity contribution in [2.24, 2.45) is 0 Å². The molecule has 29 heavy (non-hydrogen) atoms. The molecule has 0 nitrogen and oxygen atoms in total. The molecule has 0 N–H and O–H groups in total. The molecule has 0 amide bonds. The molecular weight excluding hydrogens is 449 g/mol. The van der Waals surface area contributed by atoms with E-state index < -0.39 is 0 Å². The lowest BCUT2D eigenvalue weighted by Gasteiger charge is -2.24. The lowest BCUT2D eigenvalue weighted by atomic mass is 10.0. The molecule has 0 aliphatic rings. The van der Waals surface area contributed by atoms with E-state index in [1.165, 1.54) is 103 Å². The minimum Gasteiger partial charge on any atom is -0.0754 e. The van der Waals surface area contributed by atoms with Crippen LogP contribution in [0.5, 0.6) is 0 Å². The second-order valence-electron chi connectivity index (χ2n) is 9.63. The number of rotatable bonds is 22. The first-order valence-electron chi connectivity index (χ1n) is 12.2. The summed E-state index contributed by atoms with van der Waals surface area (Å²) in [7, 11) is 10.1. The monoisotopic (exact) mass is 498 g/mol. The smallest absolute Gasteiger partial charge is 0.0215 e. The van der Waals surface area contributed by atoms with Gasteiger partial charge in [-0.2, -0.15) is 0 Å². The molecule has 0 unspecified atom stereocenters. The van der Waals surface area contributed by atoms with Crippen LogP contribution in [0.15, 0.2) is 0 Å². The Morgan fingerprint density at radius 2 is 0.724 bits per heavy atom. The highest BCUT2D eigenvalue weighted by atomic mass is 33.8. The standard InChI is InChI=1S/C24H50S5/c1-7-9-11-13-15-17-19-21-23(3,4)25-27-29-28-26-24(5,6)22-20-18-16-14-12-10-8-2/h7-22H2,1-6H3. The molecule has 5 heteroatoms. The molecular formula is C24H50S5. The summed E-state index contributed by atoms with van der Waals surface area (Å²) in [6, 6.07) is 0. The molecule has 0 bridgehead atoms. The molecule has 0 aromatic carbocycles. The zero-order valence-electron chi connectivity index (χ0n) is 20.4. The van der Waals surface area contributed by atoms with E-state index in [-0.39, 0.29) is 0 Å². The van der Waals surface area contributed by atoms with Crippen LogP contribution in [0.25, 0.3) is 0 Å². The van der Waals surface area contributed by atoms with Gasteiger partial charge in [-0.3, -0.25) is 0 Å². The van der Waals surface area contributed by atoms with E-state index in [4.69, 9.17) is 0 Å². The lowest BCUT2D eigenvalue weighted by Crippen LogP contribution is -2.12. The van der Waals surface area contributed by atoms with E-state index in [1.807, 2.05) is 29.5 Å². The van der Waals surface area contributed by atoms with Crippen LogP contribution in [0, 0.1) is 0 Å². The van der Waals surface area contributed by atoms with E-state index >= 15 is 0 Å². The van der Waals surface area contributed by atoms with Crippen LogP contribution in [-0.2, 0) is 0 Å². The highest BCUT2D eigenvalue weighted by molar-refractivity contribution is 9.35. The SMILES string of the molecule is CCCCCCCCCC(C)(C)SSSSSC(C)(C)CCCCCCCCC. The summed E-state index contributed by atoms with van der Waals surface area (Å²) >= 11 is 0. The molecule has 0 rings (SSSR count). The average molecular weight is 499 g/mol. The van der Waals surface area contributed by atoms with Crippen LogP contribution in [0.2, 0.25) is 0 Å². The molecule has 0 fully saturated rings. The minimum atomic E-state index is 0.402. The summed E-state index contributed by atoms with van der Waals surface area (Å²) in [5.41, 5.74) is 0. The van der Waals surface area contributed by atoms with Gasteiger partial charge in [0.1, 0.15) is 0 Å². The van der Waals surface area contributed by atoms with Crippen LogP contribution in [0.4, 0.5) is 0 Å². The third-order valence-electron chi connectivity index (χ3n) is 5.34. The molecule has 0 heterocycles. The van der Waals surface area contributed by atoms with Gasteiger partial charge in [-0.25, -0.2) is 0 Å². The number of hydrogen-bond acceptors (Lipinski definition) is 5. The fourth-order valence-electron chi connectivity index (χ4n) is 3.32. The predicted molar refractivity (Wildman–Crippen MR) is 151 cm³/mol. The van der Waals surface area contributed by atoms with Gasteiger partial charge < -0.3 is 0 Å². The van der Waals surface area contributed by atoms with Crippen LogP contribution in [0.1, 0.15) is 144 Å². The minimum absolute atomic E-state index is 0.402. The van der Waals surface area contributed by atoms with Crippen LogP contribution in [0.3, 0.4) is 0 Å². The number of unbranched alkanes of at least 4 members (excludes halogenated alkanes) is 12. The van der Waals surface area contributed by atoms with Gasteiger partial charge in [-0.05, 0) is 70.0 Å². The lowest BCUT2D eigenvalue weighted by molar-refractivity contribution is 0.538. The van der Waals surface area contributed by atoms with E-state index in [0.717, 1.165) is 0 Å². The van der Waals surface area contributed by atoms with Gasteiger partial charge in [0.15, 0.2) is 0 Å². The Kier molecular flexibility index (Phi) is 21.6. The summed E-state index contributed by atoms with van der Waals surface area (Å²) in [4.78, 5) is 0. The molecule has 0 spiro atoms. The molecule has 0 aromatic rings. The highest BCUT2D eigenvalue weighted by Crippen LogP contribution is 2.56. The van der Waals surface area contributed by atoms with Crippen LogP contribution < -0.4 is 0 Å². The molecule has 0 aliphatic carbocycles. The first kappa shape index (κ1) is 30.8. The third kappa shape index (κ3) is 22.7. The summed E-state index contributed by atoms with van der Waals surface area (Å²) in [5, 5.41) is 0. The van der Waals surface area contributed by atoms with Gasteiger partial charge in [-0.15, -0.1) is 0 Å². The van der Waals surface area contributed by atoms with Crippen molar-refractivity contribution in [1.82, 2.24) is 0 Å². The Bertz CT molecular complexity index is 312. The zero-order chi connectivity index (χ0) is 21.8. The summed E-state index contributed by atoms with van der Waals surface area (Å²) < 4.78 is 0.805. The van der Waals surface area contributed by atoms with Crippen molar-refractivity contribution in [3.05, 3.63) is 0 Å². The molecule has 0 aromatic heterocycles. The summed E-state index contributed by atoms with van der Waals surface area (Å²) in [6.07, 6.45) is 22.5. The molecule has 0 atom stereocenters. The predicted octanol–water partition coefficient (Wildman–Crippen LogP) is 12.2. The Labute approximate surface area is 203 Å². The molecule has 0 saturated heterocycles. The maximum atomic E-state index is 2.42. The molecule has 0 radical (unpaired) electrons. The van der Waals surface area contributed by atoms with E-state index in [1.54, 1.807) is 0 Å². The van der Waals surface area contributed by atoms with Crippen molar-refractivity contribution in [1.29, 1.82) is 0 Å². The summed E-state index contributed by atoms with van der Waals surface area (Å²) in [6.45, 7) is 14.3. The zero-order valence-corrected chi connectivity index (χ0v) is 24.4. The van der Waals surface area contributed by atoms with Gasteiger partial charge in [0.2, 0.25) is 0 Å². The van der Waals surface area contributed by atoms with Crippen molar-refractivity contribution < 1.29 is 0 Å². The Hall–Kier alpha value is 1.75. The fourth-order valence-corrected chi connectivity index (χ4v) is 14.0. The third-order valence-corrected chi connectivity index (χ3v) is 15.6. The highest BCUT2D eigenvalue weighted by Gasteiger charge is 2.21. The molecule has 0 aliphatic heterocycles.